The molecule has 1 saturated carbocycles. The molecule has 0 saturated heterocycles. The summed E-state index contributed by atoms with van der Waals surface area (Å²) >= 11 is 0. The molecule has 0 heterocycles. The summed E-state index contributed by atoms with van der Waals surface area (Å²) < 4.78 is 13.0. The lowest BCUT2D eigenvalue weighted by atomic mass is 10.0. The van der Waals surface area contributed by atoms with Crippen molar-refractivity contribution in [3.8, 4) is 0 Å². The number of carbonyl (C=O) groups is 1. The standard InChI is InChI=1S/C14H14FNO/c15-12-3-1-2-11(8-12)14(17)16-13-7-9-4-5-10(13)6-9/h1-5,8-10,13H,6-7H2,(H,16,17). The first-order valence-corrected chi connectivity index (χ1v) is 5.97. The summed E-state index contributed by atoms with van der Waals surface area (Å²) in [5.74, 6) is 0.552. The molecule has 1 N–H and O–H groups in total. The first-order valence-electron chi connectivity index (χ1n) is 5.97. The number of halogens is 1. The van der Waals surface area contributed by atoms with E-state index in [1.807, 2.05) is 0 Å². The van der Waals surface area contributed by atoms with Crippen LogP contribution < -0.4 is 5.32 Å². The zero-order valence-corrected chi connectivity index (χ0v) is 9.40. The third-order valence-corrected chi connectivity index (χ3v) is 3.68. The molecule has 3 heteroatoms. The van der Waals surface area contributed by atoms with Crippen molar-refractivity contribution in [1.82, 2.24) is 5.32 Å². The summed E-state index contributed by atoms with van der Waals surface area (Å²) in [7, 11) is 0. The number of nitrogens with one attached hydrogen (secondary N) is 1. The van der Waals surface area contributed by atoms with Gasteiger partial charge in [0.25, 0.3) is 5.91 Å². The number of hydrogen-bond acceptors (Lipinski definition) is 1. The van der Waals surface area contributed by atoms with Crippen LogP contribution in [0.4, 0.5) is 4.39 Å². The molecule has 0 aromatic heterocycles. The van der Waals surface area contributed by atoms with Gasteiger partial charge in [-0.25, -0.2) is 4.39 Å². The molecule has 2 aliphatic carbocycles. The number of allylic oxidation sites excluding steroid dienone is 1. The maximum Gasteiger partial charge on any atom is 0.251 e. The van der Waals surface area contributed by atoms with E-state index >= 15 is 0 Å². The smallest absolute Gasteiger partial charge is 0.251 e. The number of hydrogen-bond donors (Lipinski definition) is 1. The summed E-state index contributed by atoms with van der Waals surface area (Å²) in [6.45, 7) is 0. The van der Waals surface area contributed by atoms with E-state index in [1.165, 1.54) is 12.1 Å². The Morgan fingerprint density at radius 1 is 1.29 bits per heavy atom. The summed E-state index contributed by atoms with van der Waals surface area (Å²) in [6, 6.07) is 6.04. The average molecular weight is 231 g/mol. The monoisotopic (exact) mass is 231 g/mol. The van der Waals surface area contributed by atoms with Crippen LogP contribution in [0.1, 0.15) is 23.2 Å². The molecule has 0 radical (unpaired) electrons. The molecule has 0 spiro atoms. The van der Waals surface area contributed by atoms with E-state index in [0.717, 1.165) is 12.8 Å². The second kappa shape index (κ2) is 3.99. The van der Waals surface area contributed by atoms with Crippen LogP contribution in [0, 0.1) is 17.7 Å². The normalized spacial score (nSPS) is 29.6. The third-order valence-electron chi connectivity index (χ3n) is 3.68. The van der Waals surface area contributed by atoms with Gasteiger partial charge < -0.3 is 5.32 Å². The summed E-state index contributed by atoms with van der Waals surface area (Å²) in [6.07, 6.45) is 6.58. The van der Waals surface area contributed by atoms with Crippen molar-refractivity contribution in [2.75, 3.05) is 0 Å². The predicted octanol–water partition coefficient (Wildman–Crippen LogP) is 2.52. The van der Waals surface area contributed by atoms with Crippen molar-refractivity contribution in [2.24, 2.45) is 11.8 Å². The molecular formula is C14H14FNO. The molecule has 3 atom stereocenters. The lowest BCUT2D eigenvalue weighted by molar-refractivity contribution is 0.0931. The van der Waals surface area contributed by atoms with Crippen molar-refractivity contribution in [3.05, 3.63) is 47.8 Å². The molecule has 1 amide bonds. The Kier molecular flexibility index (Phi) is 2.46. The van der Waals surface area contributed by atoms with E-state index in [9.17, 15) is 9.18 Å². The fourth-order valence-electron chi connectivity index (χ4n) is 2.83. The van der Waals surface area contributed by atoms with Gasteiger partial charge in [0.15, 0.2) is 0 Å². The van der Waals surface area contributed by atoms with Crippen LogP contribution in [0.25, 0.3) is 0 Å². The van der Waals surface area contributed by atoms with Gasteiger partial charge in [0, 0.05) is 11.6 Å². The molecule has 1 aromatic rings. The minimum Gasteiger partial charge on any atom is -0.349 e. The van der Waals surface area contributed by atoms with Gasteiger partial charge in [0.2, 0.25) is 0 Å². The lowest BCUT2D eigenvalue weighted by Crippen LogP contribution is -2.37. The molecular weight excluding hydrogens is 217 g/mol. The van der Waals surface area contributed by atoms with E-state index in [-0.39, 0.29) is 17.8 Å². The third kappa shape index (κ3) is 1.97. The first kappa shape index (κ1) is 10.5. The SMILES string of the molecule is O=C(NC1CC2C=CC1C2)c1cccc(F)c1. The number of carbonyl (C=O) groups excluding carboxylic acids is 1. The van der Waals surface area contributed by atoms with Gasteiger partial charge in [-0.1, -0.05) is 18.2 Å². The predicted molar refractivity (Wildman–Crippen MR) is 63.0 cm³/mol. The van der Waals surface area contributed by atoms with E-state index in [2.05, 4.69) is 17.5 Å². The highest BCUT2D eigenvalue weighted by Gasteiger charge is 2.36. The second-order valence-corrected chi connectivity index (χ2v) is 4.87. The first-order chi connectivity index (χ1) is 8.22. The van der Waals surface area contributed by atoms with Gasteiger partial charge in [0.05, 0.1) is 0 Å². The highest BCUT2D eigenvalue weighted by molar-refractivity contribution is 5.94. The molecule has 2 aliphatic rings. The summed E-state index contributed by atoms with van der Waals surface area (Å²) in [5, 5.41) is 3.00. The fraction of sp³-hybridized carbons (Fsp3) is 0.357. The Morgan fingerprint density at radius 3 is 2.82 bits per heavy atom. The van der Waals surface area contributed by atoms with Gasteiger partial charge >= 0.3 is 0 Å². The molecule has 17 heavy (non-hydrogen) atoms. The van der Waals surface area contributed by atoms with Gasteiger partial charge in [-0.3, -0.25) is 4.79 Å². The van der Waals surface area contributed by atoms with Gasteiger partial charge in [0.1, 0.15) is 5.82 Å². The molecule has 3 rings (SSSR count). The highest BCUT2D eigenvalue weighted by atomic mass is 19.1. The van der Waals surface area contributed by atoms with Crippen molar-refractivity contribution in [2.45, 2.75) is 18.9 Å². The van der Waals surface area contributed by atoms with Crippen LogP contribution in [0.15, 0.2) is 36.4 Å². The van der Waals surface area contributed by atoms with Gasteiger partial charge in [-0.15, -0.1) is 0 Å². The van der Waals surface area contributed by atoms with Crippen LogP contribution in [0.2, 0.25) is 0 Å². The van der Waals surface area contributed by atoms with Crippen molar-refractivity contribution < 1.29 is 9.18 Å². The Morgan fingerprint density at radius 2 is 2.18 bits per heavy atom. The number of benzene rings is 1. The van der Waals surface area contributed by atoms with Crippen molar-refractivity contribution in [1.29, 1.82) is 0 Å². The maximum atomic E-state index is 13.0. The molecule has 1 fully saturated rings. The minimum atomic E-state index is -0.370. The second-order valence-electron chi connectivity index (χ2n) is 4.87. The number of rotatable bonds is 2. The minimum absolute atomic E-state index is 0.171. The number of amides is 1. The maximum absolute atomic E-state index is 13.0. The Labute approximate surface area is 99.5 Å². The van der Waals surface area contributed by atoms with E-state index in [4.69, 9.17) is 0 Å². The van der Waals surface area contributed by atoms with E-state index < -0.39 is 0 Å². The Balaban J connectivity index is 1.70. The zero-order chi connectivity index (χ0) is 11.8. The van der Waals surface area contributed by atoms with Crippen LogP contribution in [-0.4, -0.2) is 11.9 Å². The van der Waals surface area contributed by atoms with Crippen LogP contribution in [0.3, 0.4) is 0 Å². The van der Waals surface area contributed by atoms with Crippen molar-refractivity contribution in [3.63, 3.8) is 0 Å². The lowest BCUT2D eigenvalue weighted by Gasteiger charge is -2.19. The molecule has 0 aliphatic heterocycles. The quantitative estimate of drug-likeness (QED) is 0.778. The molecule has 1 aromatic carbocycles. The molecule has 2 nitrogen and oxygen atoms in total. The van der Waals surface area contributed by atoms with Crippen LogP contribution in [-0.2, 0) is 0 Å². The van der Waals surface area contributed by atoms with Gasteiger partial charge in [-0.05, 0) is 42.9 Å². The molecule has 2 bridgehead atoms. The Hall–Kier alpha value is -1.64. The summed E-state index contributed by atoms with van der Waals surface area (Å²) in [5.41, 5.74) is 0.400. The average Bonchev–Trinajstić information content (AvgIpc) is 2.91. The topological polar surface area (TPSA) is 29.1 Å². The number of fused-ring (bicyclic) bond motifs is 2. The largest absolute Gasteiger partial charge is 0.349 e. The highest BCUT2D eigenvalue weighted by Crippen LogP contribution is 2.39. The van der Waals surface area contributed by atoms with E-state index in [1.54, 1.807) is 12.1 Å². The van der Waals surface area contributed by atoms with Crippen molar-refractivity contribution >= 4 is 5.91 Å². The molecule has 88 valence electrons. The zero-order valence-electron chi connectivity index (χ0n) is 9.40. The molecule has 3 unspecified atom stereocenters. The van der Waals surface area contributed by atoms with Crippen LogP contribution in [0.5, 0.6) is 0 Å². The van der Waals surface area contributed by atoms with Gasteiger partial charge in [-0.2, -0.15) is 0 Å². The fourth-order valence-corrected chi connectivity index (χ4v) is 2.83. The van der Waals surface area contributed by atoms with Crippen LogP contribution >= 0.6 is 0 Å². The Bertz CT molecular complexity index is 483. The van der Waals surface area contributed by atoms with E-state index in [0.29, 0.717) is 17.4 Å². The summed E-state index contributed by atoms with van der Waals surface area (Å²) in [4.78, 5) is 11.9.